The Morgan fingerprint density at radius 2 is 1.67 bits per heavy atom. The van der Waals surface area contributed by atoms with Crippen LogP contribution in [-0.2, 0) is 11.3 Å². The molecular formula is C22H26N4O. The fourth-order valence-corrected chi connectivity index (χ4v) is 2.98. The molecule has 140 valence electrons. The number of aromatic nitrogens is 2. The van der Waals surface area contributed by atoms with Crippen molar-refractivity contribution in [1.82, 2.24) is 14.7 Å². The fraction of sp³-hybridized carbons (Fsp3) is 0.273. The summed E-state index contributed by atoms with van der Waals surface area (Å²) < 4.78 is 1.87. The summed E-state index contributed by atoms with van der Waals surface area (Å²) in [6.07, 6.45) is 2.00. The third-order valence-corrected chi connectivity index (χ3v) is 4.82. The van der Waals surface area contributed by atoms with Gasteiger partial charge in [0.15, 0.2) is 0 Å². The summed E-state index contributed by atoms with van der Waals surface area (Å²) in [5.41, 5.74) is 9.80. The van der Waals surface area contributed by atoms with E-state index in [-0.39, 0.29) is 17.9 Å². The molecule has 27 heavy (non-hydrogen) atoms. The minimum Gasteiger partial charge on any atom is -0.341 e. The summed E-state index contributed by atoms with van der Waals surface area (Å²) in [4.78, 5) is 14.4. The summed E-state index contributed by atoms with van der Waals surface area (Å²) in [7, 11) is 1.82. The van der Waals surface area contributed by atoms with Crippen molar-refractivity contribution >= 4 is 5.91 Å². The molecular weight excluding hydrogens is 336 g/mol. The predicted molar refractivity (Wildman–Crippen MR) is 108 cm³/mol. The van der Waals surface area contributed by atoms with E-state index in [1.165, 1.54) is 0 Å². The lowest BCUT2D eigenvalue weighted by atomic mass is 10.0. The summed E-state index contributed by atoms with van der Waals surface area (Å²) in [5, 5.41) is 4.80. The van der Waals surface area contributed by atoms with Crippen LogP contribution in [0.3, 0.4) is 0 Å². The molecule has 1 heterocycles. The second kappa shape index (κ2) is 8.18. The Labute approximate surface area is 160 Å². The number of para-hydroxylation sites is 1. The molecule has 2 unspecified atom stereocenters. The topological polar surface area (TPSA) is 64.2 Å². The third-order valence-electron chi connectivity index (χ3n) is 4.82. The maximum atomic E-state index is 12.6. The van der Waals surface area contributed by atoms with Gasteiger partial charge < -0.3 is 10.6 Å². The van der Waals surface area contributed by atoms with Gasteiger partial charge in [-0.15, -0.1) is 0 Å². The number of carbonyl (C=O) groups excluding carboxylic acids is 1. The number of hydrogen-bond acceptors (Lipinski definition) is 3. The normalized spacial score (nSPS) is 13.2. The van der Waals surface area contributed by atoms with Gasteiger partial charge in [-0.25, -0.2) is 4.68 Å². The van der Waals surface area contributed by atoms with E-state index in [0.29, 0.717) is 6.54 Å². The van der Waals surface area contributed by atoms with Gasteiger partial charge in [0, 0.05) is 37.0 Å². The van der Waals surface area contributed by atoms with Crippen LogP contribution >= 0.6 is 0 Å². The Balaban J connectivity index is 1.96. The van der Waals surface area contributed by atoms with Crippen LogP contribution in [0.15, 0.2) is 66.9 Å². The third kappa shape index (κ3) is 4.26. The summed E-state index contributed by atoms with van der Waals surface area (Å²) in [5.74, 6) is -0.184. The van der Waals surface area contributed by atoms with Crippen LogP contribution in [0.5, 0.6) is 0 Å². The molecule has 0 fully saturated rings. The van der Waals surface area contributed by atoms with Crippen LogP contribution in [0.4, 0.5) is 0 Å². The van der Waals surface area contributed by atoms with Gasteiger partial charge in [0.25, 0.3) is 0 Å². The van der Waals surface area contributed by atoms with Gasteiger partial charge in [-0.05, 0) is 19.1 Å². The number of nitrogens with two attached hydrogens (primary N) is 1. The van der Waals surface area contributed by atoms with Crippen LogP contribution < -0.4 is 5.73 Å². The van der Waals surface area contributed by atoms with Gasteiger partial charge in [0.2, 0.25) is 5.91 Å². The number of amides is 1. The number of carbonyl (C=O) groups is 1. The number of rotatable bonds is 6. The van der Waals surface area contributed by atoms with E-state index in [1.54, 1.807) is 4.90 Å². The Hall–Kier alpha value is -2.92. The summed E-state index contributed by atoms with van der Waals surface area (Å²) in [6.45, 7) is 4.21. The molecule has 0 saturated carbocycles. The molecule has 5 nitrogen and oxygen atoms in total. The monoisotopic (exact) mass is 362 g/mol. The van der Waals surface area contributed by atoms with Crippen LogP contribution in [0.2, 0.25) is 0 Å². The molecule has 0 spiro atoms. The molecule has 3 rings (SSSR count). The first-order valence-corrected chi connectivity index (χ1v) is 9.17. The van der Waals surface area contributed by atoms with Crippen LogP contribution in [0.25, 0.3) is 16.9 Å². The fourth-order valence-electron chi connectivity index (χ4n) is 2.98. The molecule has 5 heteroatoms. The smallest absolute Gasteiger partial charge is 0.226 e. The van der Waals surface area contributed by atoms with E-state index in [1.807, 2.05) is 92.4 Å². The highest BCUT2D eigenvalue weighted by Crippen LogP contribution is 2.25. The minimum absolute atomic E-state index is 0.0384. The van der Waals surface area contributed by atoms with Gasteiger partial charge in [-0.3, -0.25) is 4.79 Å². The zero-order chi connectivity index (χ0) is 19.4. The molecule has 0 bridgehead atoms. The van der Waals surface area contributed by atoms with Crippen molar-refractivity contribution in [3.8, 4) is 16.9 Å². The molecule has 2 N–H and O–H groups in total. The largest absolute Gasteiger partial charge is 0.341 e. The van der Waals surface area contributed by atoms with E-state index in [9.17, 15) is 4.79 Å². The zero-order valence-corrected chi connectivity index (χ0v) is 16.0. The van der Waals surface area contributed by atoms with E-state index in [2.05, 4.69) is 0 Å². The SMILES string of the molecule is CC(N)C(C)C(=O)N(C)Cc1cn(-c2ccccc2)nc1-c1ccccc1. The van der Waals surface area contributed by atoms with Crippen molar-refractivity contribution in [2.45, 2.75) is 26.4 Å². The van der Waals surface area contributed by atoms with Crippen molar-refractivity contribution in [1.29, 1.82) is 0 Å². The average molecular weight is 362 g/mol. The first-order valence-electron chi connectivity index (χ1n) is 9.17. The van der Waals surface area contributed by atoms with Gasteiger partial charge in [0.05, 0.1) is 17.3 Å². The van der Waals surface area contributed by atoms with E-state index in [4.69, 9.17) is 10.8 Å². The highest BCUT2D eigenvalue weighted by atomic mass is 16.2. The second-order valence-electron chi connectivity index (χ2n) is 6.99. The number of hydrogen-bond donors (Lipinski definition) is 1. The lowest BCUT2D eigenvalue weighted by Crippen LogP contribution is -2.39. The molecule has 0 aliphatic heterocycles. The van der Waals surface area contributed by atoms with E-state index < -0.39 is 0 Å². The van der Waals surface area contributed by atoms with Gasteiger partial charge in [0.1, 0.15) is 0 Å². The van der Waals surface area contributed by atoms with E-state index in [0.717, 1.165) is 22.5 Å². The Morgan fingerprint density at radius 3 is 2.26 bits per heavy atom. The van der Waals surface area contributed by atoms with Gasteiger partial charge >= 0.3 is 0 Å². The first-order chi connectivity index (χ1) is 13.0. The van der Waals surface area contributed by atoms with Gasteiger partial charge in [-0.1, -0.05) is 55.5 Å². The minimum atomic E-state index is -0.223. The van der Waals surface area contributed by atoms with Crippen molar-refractivity contribution < 1.29 is 4.79 Å². The molecule has 2 aromatic carbocycles. The van der Waals surface area contributed by atoms with Crippen LogP contribution in [-0.4, -0.2) is 33.7 Å². The summed E-state index contributed by atoms with van der Waals surface area (Å²) in [6, 6.07) is 19.8. The molecule has 0 saturated heterocycles. The van der Waals surface area contributed by atoms with Crippen molar-refractivity contribution in [2.24, 2.45) is 11.7 Å². The molecule has 1 amide bonds. The van der Waals surface area contributed by atoms with Crippen LogP contribution in [0, 0.1) is 5.92 Å². The van der Waals surface area contributed by atoms with Gasteiger partial charge in [-0.2, -0.15) is 5.10 Å². The van der Waals surface area contributed by atoms with Crippen molar-refractivity contribution in [3.63, 3.8) is 0 Å². The van der Waals surface area contributed by atoms with Crippen molar-refractivity contribution in [2.75, 3.05) is 7.05 Å². The molecule has 0 aliphatic carbocycles. The average Bonchev–Trinajstić information content (AvgIpc) is 3.11. The molecule has 0 radical (unpaired) electrons. The zero-order valence-electron chi connectivity index (χ0n) is 16.0. The molecule has 0 aliphatic rings. The molecule has 2 atom stereocenters. The maximum absolute atomic E-state index is 12.6. The number of benzene rings is 2. The Morgan fingerprint density at radius 1 is 1.07 bits per heavy atom. The number of nitrogens with zero attached hydrogens (tertiary/aromatic N) is 3. The first kappa shape index (κ1) is 18.9. The van der Waals surface area contributed by atoms with Crippen molar-refractivity contribution in [3.05, 3.63) is 72.4 Å². The molecule has 1 aromatic heterocycles. The Bertz CT molecular complexity index is 887. The highest BCUT2D eigenvalue weighted by molar-refractivity contribution is 5.79. The lowest BCUT2D eigenvalue weighted by molar-refractivity contribution is -0.134. The lowest BCUT2D eigenvalue weighted by Gasteiger charge is -2.23. The molecule has 3 aromatic rings. The van der Waals surface area contributed by atoms with E-state index >= 15 is 0 Å². The van der Waals surface area contributed by atoms with Crippen LogP contribution in [0.1, 0.15) is 19.4 Å². The Kier molecular flexibility index (Phi) is 5.72. The predicted octanol–water partition coefficient (Wildman–Crippen LogP) is 3.48. The quantitative estimate of drug-likeness (QED) is 0.730. The standard InChI is InChI=1S/C22H26N4O/c1-16(17(2)23)22(27)25(3)14-19-15-26(20-12-8-5-9-13-20)24-21(19)18-10-6-4-7-11-18/h4-13,15-17H,14,23H2,1-3H3. The second-order valence-corrected chi connectivity index (χ2v) is 6.99. The highest BCUT2D eigenvalue weighted by Gasteiger charge is 2.23. The summed E-state index contributed by atoms with van der Waals surface area (Å²) >= 11 is 0. The maximum Gasteiger partial charge on any atom is 0.226 e.